The van der Waals surface area contributed by atoms with Gasteiger partial charge in [0, 0.05) is 13.0 Å². The van der Waals surface area contributed by atoms with Crippen LogP contribution in [0.3, 0.4) is 0 Å². The minimum Gasteiger partial charge on any atom is -0.464 e. The van der Waals surface area contributed by atoms with Crippen molar-refractivity contribution in [2.75, 3.05) is 19.8 Å². The van der Waals surface area contributed by atoms with E-state index in [0.717, 1.165) is 11.1 Å². The Balaban J connectivity index is 4.30. The molecule has 0 aliphatic carbocycles. The van der Waals surface area contributed by atoms with E-state index in [1.54, 1.807) is 6.92 Å². The van der Waals surface area contributed by atoms with Crippen LogP contribution in [0.4, 0.5) is 0 Å². The first kappa shape index (κ1) is 15.1. The second-order valence-electron chi connectivity index (χ2n) is 3.71. The predicted octanol–water partition coefficient (Wildman–Crippen LogP) is 1.67. The summed E-state index contributed by atoms with van der Waals surface area (Å²) in [5.41, 5.74) is 2.01. The number of allylic oxidation sites excluding steroid dienone is 1. The van der Waals surface area contributed by atoms with Crippen LogP contribution in [0.15, 0.2) is 11.1 Å². The van der Waals surface area contributed by atoms with Crippen molar-refractivity contribution in [1.82, 2.24) is 0 Å². The van der Waals surface area contributed by atoms with Gasteiger partial charge >= 0.3 is 5.97 Å². The molecule has 0 aromatic carbocycles. The molecule has 0 radical (unpaired) electrons. The van der Waals surface area contributed by atoms with Crippen molar-refractivity contribution < 1.29 is 19.4 Å². The van der Waals surface area contributed by atoms with E-state index in [0.29, 0.717) is 13.2 Å². The predicted molar refractivity (Wildman–Crippen MR) is 62.1 cm³/mol. The number of carbonyl (C=O) groups is 1. The van der Waals surface area contributed by atoms with Gasteiger partial charge in [0.25, 0.3) is 0 Å². The number of aliphatic hydroxyl groups excluding tert-OH is 1. The van der Waals surface area contributed by atoms with Crippen molar-refractivity contribution in [3.8, 4) is 0 Å². The molecule has 0 aromatic rings. The van der Waals surface area contributed by atoms with Gasteiger partial charge in [-0.05, 0) is 33.3 Å². The van der Waals surface area contributed by atoms with Gasteiger partial charge in [-0.1, -0.05) is 5.57 Å². The molecular formula is C12H22O4. The van der Waals surface area contributed by atoms with Crippen molar-refractivity contribution in [2.24, 2.45) is 0 Å². The number of esters is 1. The molecule has 94 valence electrons. The van der Waals surface area contributed by atoms with Crippen molar-refractivity contribution in [3.63, 3.8) is 0 Å². The van der Waals surface area contributed by atoms with Gasteiger partial charge in [0.05, 0.1) is 13.2 Å². The first-order valence-corrected chi connectivity index (χ1v) is 5.60. The molecule has 1 unspecified atom stereocenters. The zero-order valence-corrected chi connectivity index (χ0v) is 10.6. The van der Waals surface area contributed by atoms with E-state index in [1.165, 1.54) is 0 Å². The monoisotopic (exact) mass is 230 g/mol. The Morgan fingerprint density at radius 3 is 2.31 bits per heavy atom. The highest BCUT2D eigenvalue weighted by atomic mass is 16.5. The number of aliphatic hydroxyl groups is 1. The van der Waals surface area contributed by atoms with Crippen molar-refractivity contribution in [1.29, 1.82) is 0 Å². The standard InChI is InChI=1S/C12H22O4/c1-5-15-8-10(9(3)4)7-11(13)12(14)16-6-2/h11,13H,5-8H2,1-4H3. The van der Waals surface area contributed by atoms with E-state index in [9.17, 15) is 9.90 Å². The molecule has 16 heavy (non-hydrogen) atoms. The highest BCUT2D eigenvalue weighted by molar-refractivity contribution is 5.74. The molecule has 1 N–H and O–H groups in total. The van der Waals surface area contributed by atoms with Crippen LogP contribution in [0, 0.1) is 0 Å². The van der Waals surface area contributed by atoms with Crippen LogP contribution in [-0.2, 0) is 14.3 Å². The van der Waals surface area contributed by atoms with Gasteiger partial charge in [0.1, 0.15) is 0 Å². The lowest BCUT2D eigenvalue weighted by atomic mass is 10.0. The SMILES string of the molecule is CCOCC(CC(O)C(=O)OCC)=C(C)C. The topological polar surface area (TPSA) is 55.8 Å². The first-order chi connectivity index (χ1) is 7.52. The van der Waals surface area contributed by atoms with E-state index >= 15 is 0 Å². The zero-order chi connectivity index (χ0) is 12.6. The Morgan fingerprint density at radius 2 is 1.88 bits per heavy atom. The largest absolute Gasteiger partial charge is 0.464 e. The molecule has 0 fully saturated rings. The lowest BCUT2D eigenvalue weighted by Gasteiger charge is -2.14. The van der Waals surface area contributed by atoms with E-state index in [1.807, 2.05) is 20.8 Å². The maximum Gasteiger partial charge on any atom is 0.335 e. The smallest absolute Gasteiger partial charge is 0.335 e. The lowest BCUT2D eigenvalue weighted by Crippen LogP contribution is -2.24. The Kier molecular flexibility index (Phi) is 7.85. The molecule has 0 aromatic heterocycles. The third-order valence-electron chi connectivity index (χ3n) is 2.19. The van der Waals surface area contributed by atoms with Gasteiger partial charge in [0.2, 0.25) is 0 Å². The van der Waals surface area contributed by atoms with Crippen molar-refractivity contribution >= 4 is 5.97 Å². The summed E-state index contributed by atoms with van der Waals surface area (Å²) in [5.74, 6) is -0.572. The van der Waals surface area contributed by atoms with E-state index in [2.05, 4.69) is 0 Å². The van der Waals surface area contributed by atoms with E-state index in [4.69, 9.17) is 9.47 Å². The molecule has 1 atom stereocenters. The fourth-order valence-corrected chi connectivity index (χ4v) is 1.19. The molecule has 0 aliphatic rings. The molecule has 0 aliphatic heterocycles. The van der Waals surface area contributed by atoms with E-state index in [-0.39, 0.29) is 13.0 Å². The molecular weight excluding hydrogens is 208 g/mol. The molecule has 0 amide bonds. The van der Waals surface area contributed by atoms with Crippen LogP contribution in [0.2, 0.25) is 0 Å². The van der Waals surface area contributed by atoms with Crippen LogP contribution >= 0.6 is 0 Å². The number of ether oxygens (including phenoxy) is 2. The molecule has 0 heterocycles. The molecule has 0 saturated carbocycles. The van der Waals surface area contributed by atoms with Crippen LogP contribution in [0.1, 0.15) is 34.1 Å². The fourth-order valence-electron chi connectivity index (χ4n) is 1.19. The van der Waals surface area contributed by atoms with Gasteiger partial charge in [0.15, 0.2) is 6.10 Å². The maximum absolute atomic E-state index is 11.2. The Morgan fingerprint density at radius 1 is 1.25 bits per heavy atom. The zero-order valence-electron chi connectivity index (χ0n) is 10.6. The summed E-state index contributed by atoms with van der Waals surface area (Å²) in [6, 6.07) is 0. The van der Waals surface area contributed by atoms with Crippen LogP contribution < -0.4 is 0 Å². The van der Waals surface area contributed by atoms with Crippen molar-refractivity contribution in [3.05, 3.63) is 11.1 Å². The Bertz CT molecular complexity index is 241. The fraction of sp³-hybridized carbons (Fsp3) is 0.750. The average Bonchev–Trinajstić information content (AvgIpc) is 2.23. The second kappa shape index (κ2) is 8.30. The molecule has 0 rings (SSSR count). The quantitative estimate of drug-likeness (QED) is 0.534. The average molecular weight is 230 g/mol. The molecule has 0 spiro atoms. The molecule has 4 heteroatoms. The normalized spacial score (nSPS) is 12.1. The van der Waals surface area contributed by atoms with Crippen LogP contribution in [-0.4, -0.2) is 37.0 Å². The Hall–Kier alpha value is -0.870. The van der Waals surface area contributed by atoms with Gasteiger partial charge < -0.3 is 14.6 Å². The summed E-state index contributed by atoms with van der Waals surface area (Å²) in [6.45, 7) is 8.85. The van der Waals surface area contributed by atoms with Gasteiger partial charge in [-0.15, -0.1) is 0 Å². The number of carbonyl (C=O) groups excluding carboxylic acids is 1. The number of hydrogen-bond donors (Lipinski definition) is 1. The van der Waals surface area contributed by atoms with Gasteiger partial charge in [-0.3, -0.25) is 0 Å². The van der Waals surface area contributed by atoms with Crippen LogP contribution in [0.25, 0.3) is 0 Å². The van der Waals surface area contributed by atoms with Crippen LogP contribution in [0.5, 0.6) is 0 Å². The summed E-state index contributed by atoms with van der Waals surface area (Å²) in [5, 5.41) is 9.60. The van der Waals surface area contributed by atoms with Gasteiger partial charge in [-0.25, -0.2) is 4.79 Å². The Labute approximate surface area is 97.2 Å². The molecule has 4 nitrogen and oxygen atoms in total. The minimum absolute atomic E-state index is 0.279. The second-order valence-corrected chi connectivity index (χ2v) is 3.71. The molecule has 0 bridgehead atoms. The lowest BCUT2D eigenvalue weighted by molar-refractivity contribution is -0.152. The van der Waals surface area contributed by atoms with Crippen molar-refractivity contribution in [2.45, 2.75) is 40.2 Å². The first-order valence-electron chi connectivity index (χ1n) is 5.60. The summed E-state index contributed by atoms with van der Waals surface area (Å²) in [6.07, 6.45) is -0.813. The summed E-state index contributed by atoms with van der Waals surface area (Å²) in [7, 11) is 0. The highest BCUT2D eigenvalue weighted by Crippen LogP contribution is 2.12. The summed E-state index contributed by atoms with van der Waals surface area (Å²) < 4.78 is 10.0. The van der Waals surface area contributed by atoms with Gasteiger partial charge in [-0.2, -0.15) is 0 Å². The minimum atomic E-state index is -1.09. The summed E-state index contributed by atoms with van der Waals surface area (Å²) >= 11 is 0. The third kappa shape index (κ3) is 5.88. The maximum atomic E-state index is 11.2. The highest BCUT2D eigenvalue weighted by Gasteiger charge is 2.18. The number of hydrogen-bond acceptors (Lipinski definition) is 4. The third-order valence-corrected chi connectivity index (χ3v) is 2.19. The number of rotatable bonds is 7. The van der Waals surface area contributed by atoms with E-state index < -0.39 is 12.1 Å². The summed E-state index contributed by atoms with van der Waals surface area (Å²) in [4.78, 5) is 11.2. The molecule has 0 saturated heterocycles.